The number of nitrogens with one attached hydrogen (secondary N) is 1. The highest BCUT2D eigenvalue weighted by Crippen LogP contribution is 2.42. The van der Waals surface area contributed by atoms with Crippen LogP contribution in [0.5, 0.6) is 0 Å². The monoisotopic (exact) mass is 450 g/mol. The maximum Gasteiger partial charge on any atom is 0.262 e. The van der Waals surface area contributed by atoms with Gasteiger partial charge in [0.05, 0.1) is 16.6 Å². The van der Waals surface area contributed by atoms with E-state index < -0.39 is 0 Å². The van der Waals surface area contributed by atoms with Crippen LogP contribution in [0, 0.1) is 18.8 Å². The fourth-order valence-electron chi connectivity index (χ4n) is 5.59. The number of hydrogen-bond donors (Lipinski definition) is 1. The van der Waals surface area contributed by atoms with Crippen molar-refractivity contribution in [2.45, 2.75) is 27.2 Å². The topological polar surface area (TPSA) is 79.0 Å². The lowest BCUT2D eigenvalue weighted by molar-refractivity contribution is 0.104. The lowest BCUT2D eigenvalue weighted by atomic mass is 9.92. The number of aryl methyl sites for hydroxylation is 1. The van der Waals surface area contributed by atoms with Crippen LogP contribution in [-0.4, -0.2) is 33.8 Å². The number of fused-ring (bicyclic) bond motifs is 4. The van der Waals surface area contributed by atoms with E-state index in [1.807, 2.05) is 55.5 Å². The Kier molecular flexibility index (Phi) is 4.66. The number of ketones is 1. The highest BCUT2D eigenvalue weighted by atomic mass is 16.1. The van der Waals surface area contributed by atoms with Gasteiger partial charge in [-0.15, -0.1) is 0 Å². The van der Waals surface area contributed by atoms with E-state index in [1.54, 1.807) is 0 Å². The number of aromatic nitrogens is 3. The summed E-state index contributed by atoms with van der Waals surface area (Å²) >= 11 is 0. The second-order valence-corrected chi connectivity index (χ2v) is 9.89. The van der Waals surface area contributed by atoms with Crippen molar-refractivity contribution in [2.75, 3.05) is 18.0 Å². The van der Waals surface area contributed by atoms with Crippen LogP contribution in [0.25, 0.3) is 33.4 Å². The number of H-pyrrole nitrogens is 1. The minimum Gasteiger partial charge on any atom is -0.342 e. The number of benzene rings is 2. The van der Waals surface area contributed by atoms with Crippen molar-refractivity contribution in [1.29, 1.82) is 0 Å². The third kappa shape index (κ3) is 3.16. The summed E-state index contributed by atoms with van der Waals surface area (Å²) in [6.45, 7) is 8.16. The smallest absolute Gasteiger partial charge is 0.262 e. The van der Waals surface area contributed by atoms with Crippen LogP contribution in [-0.2, 0) is 0 Å². The molecule has 0 bridgehead atoms. The molecular formula is C28H26N4O2. The van der Waals surface area contributed by atoms with Crippen LogP contribution in [0.2, 0.25) is 0 Å². The second kappa shape index (κ2) is 7.62. The molecule has 2 aromatic heterocycles. The zero-order valence-corrected chi connectivity index (χ0v) is 19.6. The summed E-state index contributed by atoms with van der Waals surface area (Å²) in [6, 6.07) is 15.4. The Morgan fingerprint density at radius 3 is 2.26 bits per heavy atom. The Balaban J connectivity index is 1.65. The highest BCUT2D eigenvalue weighted by Gasteiger charge is 2.34. The van der Waals surface area contributed by atoms with Gasteiger partial charge in [0.1, 0.15) is 0 Å². The minimum atomic E-state index is -0.263. The fraction of sp³-hybridized carbons (Fsp3) is 0.286. The zero-order chi connectivity index (χ0) is 23.6. The number of hydrogen-bond acceptors (Lipinski definition) is 5. The van der Waals surface area contributed by atoms with Crippen molar-refractivity contribution < 1.29 is 4.79 Å². The molecule has 1 N–H and O–H groups in total. The summed E-state index contributed by atoms with van der Waals surface area (Å²) in [5.41, 5.74) is 5.15. The SMILES string of the molecule is Cc1ccc(-c2c3c(nc4nc(N5C[C@H](C)C[C@H](C)C5)[nH]c(=O)c24)-c2ccccc2C3=O)cc1. The number of carbonyl (C=O) groups is 1. The largest absolute Gasteiger partial charge is 0.342 e. The van der Waals surface area contributed by atoms with Gasteiger partial charge in [0.15, 0.2) is 11.4 Å². The van der Waals surface area contributed by atoms with Crippen molar-refractivity contribution in [3.63, 3.8) is 0 Å². The Bertz CT molecular complexity index is 1510. The molecule has 1 saturated heterocycles. The molecule has 6 heteroatoms. The van der Waals surface area contributed by atoms with Gasteiger partial charge < -0.3 is 4.90 Å². The number of rotatable bonds is 2. The van der Waals surface area contributed by atoms with Crippen LogP contribution in [0.3, 0.4) is 0 Å². The first-order chi connectivity index (χ1) is 16.4. The molecule has 0 radical (unpaired) electrons. The molecule has 0 amide bonds. The van der Waals surface area contributed by atoms with Gasteiger partial charge in [0, 0.05) is 29.8 Å². The number of carbonyl (C=O) groups excluding carboxylic acids is 1. The molecule has 6 nitrogen and oxygen atoms in total. The van der Waals surface area contributed by atoms with Gasteiger partial charge >= 0.3 is 0 Å². The van der Waals surface area contributed by atoms with E-state index >= 15 is 0 Å². The first-order valence-electron chi connectivity index (χ1n) is 11.8. The van der Waals surface area contributed by atoms with Gasteiger partial charge in [0.2, 0.25) is 5.95 Å². The van der Waals surface area contributed by atoms with E-state index in [0.717, 1.165) is 36.2 Å². The maximum absolute atomic E-state index is 13.6. The van der Waals surface area contributed by atoms with Crippen molar-refractivity contribution in [2.24, 2.45) is 11.8 Å². The Hall–Kier alpha value is -3.80. The van der Waals surface area contributed by atoms with Crippen molar-refractivity contribution in [3.05, 3.63) is 75.6 Å². The summed E-state index contributed by atoms with van der Waals surface area (Å²) in [5.74, 6) is 1.49. The summed E-state index contributed by atoms with van der Waals surface area (Å²) in [6.07, 6.45) is 1.16. The number of nitrogens with zero attached hydrogens (tertiary/aromatic N) is 3. The lowest BCUT2D eigenvalue weighted by Crippen LogP contribution is -2.40. The van der Waals surface area contributed by atoms with Gasteiger partial charge in [0.25, 0.3) is 5.56 Å². The number of aromatic amines is 1. The molecule has 2 aliphatic rings. The maximum atomic E-state index is 13.6. The molecule has 1 aliphatic heterocycles. The van der Waals surface area contributed by atoms with Gasteiger partial charge in [-0.1, -0.05) is 67.9 Å². The Labute approximate surface area is 197 Å². The van der Waals surface area contributed by atoms with Crippen LogP contribution < -0.4 is 10.5 Å². The predicted molar refractivity (Wildman–Crippen MR) is 134 cm³/mol. The van der Waals surface area contributed by atoms with Gasteiger partial charge in [-0.05, 0) is 30.7 Å². The molecule has 170 valence electrons. The molecule has 6 rings (SSSR count). The zero-order valence-electron chi connectivity index (χ0n) is 19.6. The van der Waals surface area contributed by atoms with E-state index in [2.05, 4.69) is 23.7 Å². The molecule has 3 heterocycles. The van der Waals surface area contributed by atoms with Crippen LogP contribution >= 0.6 is 0 Å². The first-order valence-corrected chi connectivity index (χ1v) is 11.8. The van der Waals surface area contributed by atoms with Crippen LogP contribution in [0.4, 0.5) is 5.95 Å². The fourth-order valence-corrected chi connectivity index (χ4v) is 5.59. The van der Waals surface area contributed by atoms with E-state index in [9.17, 15) is 9.59 Å². The molecule has 4 aromatic rings. The number of anilines is 1. The van der Waals surface area contributed by atoms with Gasteiger partial charge in [-0.25, -0.2) is 4.98 Å². The van der Waals surface area contributed by atoms with E-state index in [4.69, 9.17) is 9.97 Å². The first kappa shape index (κ1) is 20.8. The molecule has 1 aliphatic carbocycles. The molecule has 1 fully saturated rings. The molecule has 0 unspecified atom stereocenters. The number of pyridine rings is 1. The minimum absolute atomic E-state index is 0.0993. The summed E-state index contributed by atoms with van der Waals surface area (Å²) < 4.78 is 0. The van der Waals surface area contributed by atoms with Crippen LogP contribution in [0.1, 0.15) is 41.8 Å². The van der Waals surface area contributed by atoms with Gasteiger partial charge in [-0.2, -0.15) is 4.98 Å². The molecule has 2 atom stereocenters. The van der Waals surface area contributed by atoms with Crippen molar-refractivity contribution >= 4 is 22.8 Å². The van der Waals surface area contributed by atoms with E-state index in [1.165, 1.54) is 0 Å². The molecule has 0 saturated carbocycles. The Morgan fingerprint density at radius 1 is 0.882 bits per heavy atom. The average molecular weight is 451 g/mol. The van der Waals surface area contributed by atoms with Crippen molar-refractivity contribution in [1.82, 2.24) is 15.0 Å². The predicted octanol–water partition coefficient (Wildman–Crippen LogP) is 4.99. The van der Waals surface area contributed by atoms with Crippen molar-refractivity contribution in [3.8, 4) is 22.4 Å². The normalized spacial score (nSPS) is 19.4. The third-order valence-electron chi connectivity index (χ3n) is 7.00. The third-order valence-corrected chi connectivity index (χ3v) is 7.00. The second-order valence-electron chi connectivity index (χ2n) is 9.89. The molecule has 34 heavy (non-hydrogen) atoms. The quantitative estimate of drug-likeness (QED) is 0.410. The molecule has 2 aromatic carbocycles. The lowest BCUT2D eigenvalue weighted by Gasteiger charge is -2.35. The van der Waals surface area contributed by atoms with E-state index in [-0.39, 0.29) is 11.3 Å². The summed E-state index contributed by atoms with van der Waals surface area (Å²) in [4.78, 5) is 41.9. The molecule has 0 spiro atoms. The average Bonchev–Trinajstić information content (AvgIpc) is 3.09. The summed E-state index contributed by atoms with van der Waals surface area (Å²) in [5, 5.41) is 0.366. The van der Waals surface area contributed by atoms with Gasteiger partial charge in [-0.3, -0.25) is 14.6 Å². The molecular weight excluding hydrogens is 424 g/mol. The highest BCUT2D eigenvalue weighted by molar-refractivity contribution is 6.26. The number of piperidine rings is 1. The standard InChI is InChI=1S/C28H26N4O2/c1-15-8-10-18(11-9-15)21-22-24(19-6-4-5-7-20(19)25(22)33)29-26-23(21)27(34)31-28(30-26)32-13-16(2)12-17(3)14-32/h4-11,16-17H,12-14H2,1-3H3,(H,29,30,31,34)/t16-,17+. The summed E-state index contributed by atoms with van der Waals surface area (Å²) in [7, 11) is 0. The Morgan fingerprint density at radius 2 is 1.56 bits per heavy atom. The van der Waals surface area contributed by atoms with E-state index in [0.29, 0.717) is 51.2 Å². The van der Waals surface area contributed by atoms with Crippen LogP contribution in [0.15, 0.2) is 53.3 Å².